The SMILES string of the molecule is Cc1cc(CN)cc(S(=O)(=O)Nc2cnn(C)c2)c1Br. The topological polar surface area (TPSA) is 90.0 Å². The van der Waals surface area contributed by atoms with Gasteiger partial charge in [0.05, 0.1) is 11.9 Å². The summed E-state index contributed by atoms with van der Waals surface area (Å²) in [6, 6.07) is 3.42. The van der Waals surface area contributed by atoms with Crippen LogP contribution in [-0.2, 0) is 23.6 Å². The molecule has 0 unspecified atom stereocenters. The van der Waals surface area contributed by atoms with Gasteiger partial charge in [0.15, 0.2) is 0 Å². The summed E-state index contributed by atoms with van der Waals surface area (Å²) >= 11 is 3.32. The zero-order valence-electron chi connectivity index (χ0n) is 11.1. The molecule has 3 N–H and O–H groups in total. The molecule has 0 spiro atoms. The van der Waals surface area contributed by atoms with Gasteiger partial charge in [-0.15, -0.1) is 0 Å². The monoisotopic (exact) mass is 358 g/mol. The van der Waals surface area contributed by atoms with Gasteiger partial charge in [0, 0.05) is 24.3 Å². The Kier molecular flexibility index (Phi) is 4.17. The highest BCUT2D eigenvalue weighted by molar-refractivity contribution is 9.10. The van der Waals surface area contributed by atoms with E-state index in [-0.39, 0.29) is 11.4 Å². The van der Waals surface area contributed by atoms with Gasteiger partial charge in [-0.05, 0) is 40.0 Å². The second-order valence-electron chi connectivity index (χ2n) is 4.44. The molecule has 0 fully saturated rings. The Morgan fingerprint density at radius 3 is 2.70 bits per heavy atom. The molecule has 2 aromatic rings. The molecule has 108 valence electrons. The van der Waals surface area contributed by atoms with E-state index < -0.39 is 10.0 Å². The number of anilines is 1. The number of nitrogens with zero attached hydrogens (tertiary/aromatic N) is 2. The van der Waals surface area contributed by atoms with Gasteiger partial charge in [-0.3, -0.25) is 9.40 Å². The van der Waals surface area contributed by atoms with Crippen molar-refractivity contribution in [3.05, 3.63) is 40.1 Å². The standard InChI is InChI=1S/C12H15BrN4O2S/c1-8-3-9(5-14)4-11(12(8)13)20(18,19)16-10-6-15-17(2)7-10/h3-4,6-7,16H,5,14H2,1-2H3. The molecule has 6 nitrogen and oxygen atoms in total. The molecule has 1 aromatic carbocycles. The molecular formula is C12H15BrN4O2S. The molecule has 1 heterocycles. The number of rotatable bonds is 4. The Hall–Kier alpha value is -1.38. The lowest BCUT2D eigenvalue weighted by atomic mass is 10.1. The van der Waals surface area contributed by atoms with Crippen molar-refractivity contribution in [2.24, 2.45) is 12.8 Å². The summed E-state index contributed by atoms with van der Waals surface area (Å²) in [5.41, 5.74) is 7.59. The van der Waals surface area contributed by atoms with Crippen LogP contribution in [0.4, 0.5) is 5.69 Å². The van der Waals surface area contributed by atoms with E-state index >= 15 is 0 Å². The van der Waals surface area contributed by atoms with Gasteiger partial charge in [0.2, 0.25) is 0 Å². The number of nitrogens with one attached hydrogen (secondary N) is 1. The molecule has 0 aliphatic rings. The molecule has 0 saturated heterocycles. The molecule has 0 radical (unpaired) electrons. The molecule has 2 rings (SSSR count). The number of halogens is 1. The summed E-state index contributed by atoms with van der Waals surface area (Å²) in [4.78, 5) is 0.168. The predicted molar refractivity (Wildman–Crippen MR) is 80.8 cm³/mol. The number of benzene rings is 1. The van der Waals surface area contributed by atoms with E-state index in [2.05, 4.69) is 25.8 Å². The van der Waals surface area contributed by atoms with Crippen molar-refractivity contribution < 1.29 is 8.42 Å². The molecule has 0 atom stereocenters. The number of sulfonamides is 1. The van der Waals surface area contributed by atoms with Crippen LogP contribution in [0.1, 0.15) is 11.1 Å². The molecule has 1 aromatic heterocycles. The number of hydrogen-bond acceptors (Lipinski definition) is 4. The van der Waals surface area contributed by atoms with Crippen LogP contribution in [0.5, 0.6) is 0 Å². The summed E-state index contributed by atoms with van der Waals surface area (Å²) in [6.45, 7) is 2.11. The van der Waals surface area contributed by atoms with Gasteiger partial charge in [-0.2, -0.15) is 5.10 Å². The molecule has 8 heteroatoms. The largest absolute Gasteiger partial charge is 0.326 e. The number of nitrogens with two attached hydrogens (primary N) is 1. The zero-order chi connectivity index (χ0) is 14.9. The summed E-state index contributed by atoms with van der Waals surface area (Å²) in [7, 11) is -1.98. The second kappa shape index (κ2) is 5.55. The van der Waals surface area contributed by atoms with Crippen molar-refractivity contribution in [1.82, 2.24) is 9.78 Å². The highest BCUT2D eigenvalue weighted by Crippen LogP contribution is 2.28. The van der Waals surface area contributed by atoms with Crippen LogP contribution < -0.4 is 10.5 Å². The van der Waals surface area contributed by atoms with Crippen LogP contribution in [-0.4, -0.2) is 18.2 Å². The van der Waals surface area contributed by atoms with Crippen LogP contribution >= 0.6 is 15.9 Å². The number of aryl methyl sites for hydroxylation is 2. The first-order valence-electron chi connectivity index (χ1n) is 5.84. The van der Waals surface area contributed by atoms with Gasteiger partial charge >= 0.3 is 0 Å². The van der Waals surface area contributed by atoms with Gasteiger partial charge < -0.3 is 5.73 Å². The molecule has 0 aliphatic heterocycles. The van der Waals surface area contributed by atoms with E-state index in [1.807, 2.05) is 13.0 Å². The van der Waals surface area contributed by atoms with E-state index in [1.165, 1.54) is 10.9 Å². The highest BCUT2D eigenvalue weighted by Gasteiger charge is 2.20. The fraction of sp³-hybridized carbons (Fsp3) is 0.250. The van der Waals surface area contributed by atoms with Crippen LogP contribution in [0.2, 0.25) is 0 Å². The minimum Gasteiger partial charge on any atom is -0.326 e. The van der Waals surface area contributed by atoms with Crippen molar-refractivity contribution in [2.45, 2.75) is 18.4 Å². The van der Waals surface area contributed by atoms with Gasteiger partial charge in [-0.1, -0.05) is 6.07 Å². The third-order valence-electron chi connectivity index (χ3n) is 2.76. The van der Waals surface area contributed by atoms with Crippen LogP contribution in [0.15, 0.2) is 33.9 Å². The van der Waals surface area contributed by atoms with E-state index in [1.54, 1.807) is 19.3 Å². The quantitative estimate of drug-likeness (QED) is 0.870. The number of hydrogen-bond donors (Lipinski definition) is 2. The normalized spacial score (nSPS) is 11.6. The maximum atomic E-state index is 12.4. The van der Waals surface area contributed by atoms with Gasteiger partial charge in [-0.25, -0.2) is 8.42 Å². The molecule has 20 heavy (non-hydrogen) atoms. The maximum Gasteiger partial charge on any atom is 0.263 e. The summed E-state index contributed by atoms with van der Waals surface area (Å²) in [5.74, 6) is 0. The Morgan fingerprint density at radius 2 is 2.15 bits per heavy atom. The minimum absolute atomic E-state index is 0.168. The van der Waals surface area contributed by atoms with Gasteiger partial charge in [0.25, 0.3) is 10.0 Å². The third-order valence-corrected chi connectivity index (χ3v) is 5.48. The van der Waals surface area contributed by atoms with E-state index in [0.717, 1.165) is 11.1 Å². The minimum atomic E-state index is -3.69. The number of aromatic nitrogens is 2. The summed E-state index contributed by atoms with van der Waals surface area (Å²) in [6.07, 6.45) is 3.04. The lowest BCUT2D eigenvalue weighted by Crippen LogP contribution is -2.14. The lowest BCUT2D eigenvalue weighted by molar-refractivity contribution is 0.600. The third kappa shape index (κ3) is 3.02. The van der Waals surface area contributed by atoms with Crippen LogP contribution in [0.3, 0.4) is 0 Å². The Bertz CT molecular complexity index is 740. The highest BCUT2D eigenvalue weighted by atomic mass is 79.9. The van der Waals surface area contributed by atoms with Crippen LogP contribution in [0.25, 0.3) is 0 Å². The summed E-state index contributed by atoms with van der Waals surface area (Å²) < 4.78 is 29.4. The fourth-order valence-corrected chi connectivity index (χ4v) is 3.90. The average Bonchev–Trinajstić information content (AvgIpc) is 2.76. The first-order valence-corrected chi connectivity index (χ1v) is 8.11. The van der Waals surface area contributed by atoms with Crippen molar-refractivity contribution in [3.63, 3.8) is 0 Å². The Morgan fingerprint density at radius 1 is 1.45 bits per heavy atom. The Balaban J connectivity index is 2.46. The average molecular weight is 359 g/mol. The maximum absolute atomic E-state index is 12.4. The first-order chi connectivity index (χ1) is 9.33. The van der Waals surface area contributed by atoms with E-state index in [4.69, 9.17) is 5.73 Å². The lowest BCUT2D eigenvalue weighted by Gasteiger charge is -2.11. The summed E-state index contributed by atoms with van der Waals surface area (Å²) in [5, 5.41) is 3.93. The smallest absolute Gasteiger partial charge is 0.263 e. The first kappa shape index (κ1) is 15.0. The van der Waals surface area contributed by atoms with E-state index in [9.17, 15) is 8.42 Å². The van der Waals surface area contributed by atoms with Crippen molar-refractivity contribution >= 4 is 31.6 Å². The molecule has 0 aliphatic carbocycles. The Labute approximate surface area is 126 Å². The second-order valence-corrected chi connectivity index (χ2v) is 6.88. The molecule has 0 saturated carbocycles. The molecular weight excluding hydrogens is 344 g/mol. The predicted octanol–water partition coefficient (Wildman–Crippen LogP) is 1.75. The van der Waals surface area contributed by atoms with E-state index in [0.29, 0.717) is 10.2 Å². The van der Waals surface area contributed by atoms with Crippen molar-refractivity contribution in [1.29, 1.82) is 0 Å². The molecule has 0 amide bonds. The fourth-order valence-electron chi connectivity index (χ4n) is 1.81. The van der Waals surface area contributed by atoms with Crippen molar-refractivity contribution in [3.8, 4) is 0 Å². The zero-order valence-corrected chi connectivity index (χ0v) is 13.5. The molecule has 0 bridgehead atoms. The van der Waals surface area contributed by atoms with Crippen LogP contribution in [0, 0.1) is 6.92 Å². The van der Waals surface area contributed by atoms with Crippen molar-refractivity contribution in [2.75, 3.05) is 4.72 Å². The van der Waals surface area contributed by atoms with Gasteiger partial charge in [0.1, 0.15) is 4.90 Å².